The molecule has 1 aliphatic heterocycles. The molecule has 0 bridgehead atoms. The number of hydrogen-bond donors (Lipinski definition) is 4. The molecule has 1 aromatic heterocycles. The highest BCUT2D eigenvalue weighted by atomic mass is 35.5. The van der Waals surface area contributed by atoms with Gasteiger partial charge in [0.2, 0.25) is 0 Å². The molecule has 0 radical (unpaired) electrons. The Morgan fingerprint density at radius 3 is 2.64 bits per heavy atom. The minimum Gasteiger partial charge on any atom is -0.505 e. The molecule has 0 saturated carbocycles. The number of pyridine rings is 1. The quantitative estimate of drug-likeness (QED) is 0.576. The third-order valence-electron chi connectivity index (χ3n) is 4.46. The Labute approximate surface area is 134 Å². The fourth-order valence-electron chi connectivity index (χ4n) is 3.18. The van der Waals surface area contributed by atoms with E-state index in [0.717, 1.165) is 50.2 Å². The highest BCUT2D eigenvalue weighted by molar-refractivity contribution is 6.35. The summed E-state index contributed by atoms with van der Waals surface area (Å²) in [4.78, 5) is 7.14. The van der Waals surface area contributed by atoms with Crippen LogP contribution in [0.4, 0.5) is 0 Å². The van der Waals surface area contributed by atoms with Crippen molar-refractivity contribution in [2.24, 2.45) is 0 Å². The first kappa shape index (κ1) is 15.5. The van der Waals surface area contributed by atoms with Crippen LogP contribution < -0.4 is 9.80 Å². The number of quaternary nitrogens is 2. The van der Waals surface area contributed by atoms with Crippen molar-refractivity contribution < 1.29 is 20.0 Å². The van der Waals surface area contributed by atoms with Gasteiger partial charge in [-0.05, 0) is 18.2 Å². The zero-order chi connectivity index (χ0) is 15.5. The first-order valence-corrected chi connectivity index (χ1v) is 8.10. The van der Waals surface area contributed by atoms with Crippen LogP contribution >= 0.6 is 11.6 Å². The number of phenolic OH excluding ortho intramolecular Hbond substituents is 1. The largest absolute Gasteiger partial charge is 0.505 e. The van der Waals surface area contributed by atoms with E-state index in [1.54, 1.807) is 6.20 Å². The number of nitrogens with one attached hydrogen (secondary N) is 2. The van der Waals surface area contributed by atoms with Gasteiger partial charge in [0.15, 0.2) is 5.75 Å². The van der Waals surface area contributed by atoms with Crippen LogP contribution in [0.1, 0.15) is 5.56 Å². The summed E-state index contributed by atoms with van der Waals surface area (Å²) >= 11 is 6.32. The molecule has 2 aromatic rings. The number of rotatable bonds is 4. The molecule has 3 rings (SSSR count). The first-order valence-electron chi connectivity index (χ1n) is 7.72. The molecule has 0 amide bonds. The van der Waals surface area contributed by atoms with Crippen molar-refractivity contribution in [2.75, 3.05) is 39.3 Å². The van der Waals surface area contributed by atoms with Gasteiger partial charge in [-0.25, -0.2) is 0 Å². The summed E-state index contributed by atoms with van der Waals surface area (Å²) < 4.78 is 0. The van der Waals surface area contributed by atoms with Gasteiger partial charge in [0.25, 0.3) is 0 Å². The average Bonchev–Trinajstić information content (AvgIpc) is 2.54. The summed E-state index contributed by atoms with van der Waals surface area (Å²) in [6, 6.07) is 5.56. The molecule has 0 atom stereocenters. The Bertz CT molecular complexity index is 657. The molecule has 1 saturated heterocycles. The van der Waals surface area contributed by atoms with Crippen LogP contribution in [0.25, 0.3) is 10.9 Å². The van der Waals surface area contributed by atoms with Crippen molar-refractivity contribution in [2.45, 2.75) is 6.54 Å². The van der Waals surface area contributed by atoms with Crippen molar-refractivity contribution in [3.63, 3.8) is 0 Å². The number of benzene rings is 1. The number of fused-ring (bicyclic) bond motifs is 1. The molecule has 0 aliphatic carbocycles. The predicted octanol–water partition coefficient (Wildman–Crippen LogP) is -1.13. The fourth-order valence-corrected chi connectivity index (χ4v) is 3.47. The highest BCUT2D eigenvalue weighted by Crippen LogP contribution is 2.32. The Morgan fingerprint density at radius 2 is 1.91 bits per heavy atom. The molecule has 1 aromatic carbocycles. The fraction of sp³-hybridized carbons (Fsp3) is 0.438. The van der Waals surface area contributed by atoms with Crippen LogP contribution in [0, 0.1) is 0 Å². The maximum atomic E-state index is 10.5. The van der Waals surface area contributed by atoms with Gasteiger partial charge in [-0.15, -0.1) is 0 Å². The number of aromatic nitrogens is 1. The number of halogens is 1. The lowest BCUT2D eigenvalue weighted by molar-refractivity contribution is -1.02. The lowest BCUT2D eigenvalue weighted by atomic mass is 10.1. The van der Waals surface area contributed by atoms with Crippen molar-refractivity contribution in [3.8, 4) is 5.75 Å². The lowest BCUT2D eigenvalue weighted by Gasteiger charge is -2.29. The van der Waals surface area contributed by atoms with Gasteiger partial charge in [0.1, 0.15) is 44.8 Å². The molecule has 22 heavy (non-hydrogen) atoms. The number of hydrogen-bond acceptors (Lipinski definition) is 3. The second-order valence-corrected chi connectivity index (χ2v) is 6.32. The van der Waals surface area contributed by atoms with Gasteiger partial charge < -0.3 is 20.0 Å². The van der Waals surface area contributed by atoms with Crippen LogP contribution in [-0.4, -0.2) is 54.5 Å². The Kier molecular flexibility index (Phi) is 4.78. The summed E-state index contributed by atoms with van der Waals surface area (Å²) in [6.45, 7) is 6.00. The number of aliphatic hydroxyl groups is 1. The summed E-state index contributed by atoms with van der Waals surface area (Å²) in [6.07, 6.45) is 1.67. The van der Waals surface area contributed by atoms with Crippen molar-refractivity contribution in [1.82, 2.24) is 4.98 Å². The molecule has 1 aliphatic rings. The van der Waals surface area contributed by atoms with Gasteiger partial charge >= 0.3 is 0 Å². The van der Waals surface area contributed by atoms with Crippen molar-refractivity contribution in [1.29, 1.82) is 0 Å². The van der Waals surface area contributed by atoms with E-state index in [1.165, 1.54) is 9.80 Å². The van der Waals surface area contributed by atoms with Crippen LogP contribution in [0.2, 0.25) is 5.02 Å². The summed E-state index contributed by atoms with van der Waals surface area (Å²) in [5, 5.41) is 20.9. The highest BCUT2D eigenvalue weighted by Gasteiger charge is 2.24. The summed E-state index contributed by atoms with van der Waals surface area (Å²) in [5.74, 6) is 0.248. The van der Waals surface area contributed by atoms with E-state index in [2.05, 4.69) is 4.98 Å². The predicted molar refractivity (Wildman–Crippen MR) is 85.5 cm³/mol. The Hall–Kier alpha value is -1.40. The van der Waals surface area contributed by atoms with Crippen LogP contribution in [0.15, 0.2) is 24.4 Å². The van der Waals surface area contributed by atoms with Crippen LogP contribution in [-0.2, 0) is 6.54 Å². The van der Waals surface area contributed by atoms with Gasteiger partial charge in [0, 0.05) is 11.6 Å². The molecule has 5 nitrogen and oxygen atoms in total. The topological polar surface area (TPSA) is 62.2 Å². The van der Waals surface area contributed by atoms with E-state index in [-0.39, 0.29) is 12.4 Å². The molecule has 4 N–H and O–H groups in total. The van der Waals surface area contributed by atoms with Gasteiger partial charge in [0.05, 0.1) is 17.2 Å². The maximum absolute atomic E-state index is 10.5. The van der Waals surface area contributed by atoms with E-state index in [1.807, 2.05) is 18.2 Å². The van der Waals surface area contributed by atoms with Crippen LogP contribution in [0.5, 0.6) is 5.75 Å². The van der Waals surface area contributed by atoms with E-state index in [0.29, 0.717) is 10.5 Å². The zero-order valence-corrected chi connectivity index (χ0v) is 13.2. The molecule has 6 heteroatoms. The molecule has 1 fully saturated rings. The molecule has 2 heterocycles. The second-order valence-electron chi connectivity index (χ2n) is 5.92. The smallest absolute Gasteiger partial charge is 0.150 e. The van der Waals surface area contributed by atoms with Gasteiger partial charge in [-0.1, -0.05) is 11.6 Å². The molecular formula is C16H22ClN3O2+2. The number of nitrogens with zero attached hydrogens (tertiary/aromatic N) is 1. The third kappa shape index (κ3) is 3.17. The summed E-state index contributed by atoms with van der Waals surface area (Å²) in [5.41, 5.74) is 1.44. The molecule has 0 unspecified atom stereocenters. The Balaban J connectivity index is 1.76. The first-order chi connectivity index (χ1) is 10.7. The minimum absolute atomic E-state index is 0.247. The second kappa shape index (κ2) is 6.79. The standard InChI is InChI=1S/C16H20ClN3O2/c17-14-10-12(16(22)15-13(14)2-1-3-18-15)11-20-6-4-19(5-7-20)8-9-21/h1-3,10,21-22H,4-9,11H2/p+2. The van der Waals surface area contributed by atoms with Crippen molar-refractivity contribution >= 4 is 22.5 Å². The third-order valence-corrected chi connectivity index (χ3v) is 4.78. The monoisotopic (exact) mass is 323 g/mol. The number of phenols is 1. The number of aliphatic hydroxyl groups excluding tert-OH is 1. The van der Waals surface area contributed by atoms with Gasteiger partial charge in [-0.3, -0.25) is 4.98 Å². The average molecular weight is 324 g/mol. The molecular weight excluding hydrogens is 302 g/mol. The summed E-state index contributed by atoms with van der Waals surface area (Å²) in [7, 11) is 0. The normalized spacial score (nSPS) is 22.1. The lowest BCUT2D eigenvalue weighted by Crippen LogP contribution is -3.27. The SMILES string of the molecule is OCC[NH+]1CC[NH+](Cc2cc(Cl)c3cccnc3c2O)CC1. The van der Waals surface area contributed by atoms with E-state index in [9.17, 15) is 5.11 Å². The molecule has 0 spiro atoms. The van der Waals surface area contributed by atoms with Crippen LogP contribution in [0.3, 0.4) is 0 Å². The Morgan fingerprint density at radius 1 is 1.18 bits per heavy atom. The minimum atomic E-state index is 0.247. The van der Waals surface area contributed by atoms with Crippen molar-refractivity contribution in [3.05, 3.63) is 35.0 Å². The number of piperazine rings is 1. The maximum Gasteiger partial charge on any atom is 0.150 e. The van der Waals surface area contributed by atoms with E-state index in [4.69, 9.17) is 16.7 Å². The van der Waals surface area contributed by atoms with E-state index < -0.39 is 0 Å². The number of aromatic hydroxyl groups is 1. The van der Waals surface area contributed by atoms with E-state index >= 15 is 0 Å². The van der Waals surface area contributed by atoms with Gasteiger partial charge in [-0.2, -0.15) is 0 Å². The molecule has 118 valence electrons. The zero-order valence-electron chi connectivity index (χ0n) is 12.5.